The third-order valence-corrected chi connectivity index (χ3v) is 5.60. The average molecular weight is 297 g/mol. The third kappa shape index (κ3) is 4.01. The molecule has 112 valence electrons. The predicted octanol–water partition coefficient (Wildman–Crippen LogP) is 1.29. The van der Waals surface area contributed by atoms with Crippen LogP contribution in [0.15, 0.2) is 18.2 Å². The summed E-state index contributed by atoms with van der Waals surface area (Å²) in [5.41, 5.74) is 1.71. The summed E-state index contributed by atoms with van der Waals surface area (Å²) < 4.78 is 26.5. The number of rotatable bonds is 6. The van der Waals surface area contributed by atoms with Crippen molar-refractivity contribution in [3.05, 3.63) is 29.6 Å². The van der Waals surface area contributed by atoms with Crippen LogP contribution in [0.2, 0.25) is 0 Å². The van der Waals surface area contributed by atoms with Gasteiger partial charge in [0.25, 0.3) is 0 Å². The average Bonchev–Trinajstić information content (AvgIpc) is 2.88. The van der Waals surface area contributed by atoms with Crippen LogP contribution in [0.25, 0.3) is 0 Å². The fourth-order valence-corrected chi connectivity index (χ4v) is 4.26. The molecule has 1 N–H and O–H groups in total. The first-order valence-corrected chi connectivity index (χ1v) is 8.76. The maximum atomic E-state index is 12.5. The Kier molecular flexibility index (Phi) is 5.12. The summed E-state index contributed by atoms with van der Waals surface area (Å²) in [6.07, 6.45) is 2.01. The van der Waals surface area contributed by atoms with Crippen LogP contribution >= 0.6 is 0 Å². The summed E-state index contributed by atoms with van der Waals surface area (Å²) in [5, 5.41) is 3.24. The van der Waals surface area contributed by atoms with E-state index in [0.29, 0.717) is 13.1 Å². The van der Waals surface area contributed by atoms with Crippen molar-refractivity contribution in [3.63, 3.8) is 0 Å². The van der Waals surface area contributed by atoms with E-state index in [1.165, 1.54) is 4.31 Å². The molecule has 0 aromatic carbocycles. The van der Waals surface area contributed by atoms with Crippen LogP contribution in [0.4, 0.5) is 0 Å². The van der Waals surface area contributed by atoms with Crippen molar-refractivity contribution in [2.45, 2.75) is 39.3 Å². The minimum atomic E-state index is -3.24. The van der Waals surface area contributed by atoms with Gasteiger partial charge in [-0.3, -0.25) is 4.98 Å². The summed E-state index contributed by atoms with van der Waals surface area (Å²) in [6, 6.07) is 5.80. The van der Waals surface area contributed by atoms with Crippen LogP contribution < -0.4 is 5.32 Å². The molecule has 1 unspecified atom stereocenters. The van der Waals surface area contributed by atoms with Crippen LogP contribution in [0.3, 0.4) is 0 Å². The largest absolute Gasteiger partial charge is 0.313 e. The lowest BCUT2D eigenvalue weighted by Crippen LogP contribution is -2.39. The van der Waals surface area contributed by atoms with Gasteiger partial charge in [0.1, 0.15) is 0 Å². The number of hydrogen-bond acceptors (Lipinski definition) is 4. The Balaban J connectivity index is 2.06. The normalized spacial score (nSPS) is 19.6. The molecule has 0 saturated carbocycles. The molecule has 0 spiro atoms. The first-order chi connectivity index (χ1) is 9.51. The van der Waals surface area contributed by atoms with E-state index in [0.717, 1.165) is 30.8 Å². The van der Waals surface area contributed by atoms with Gasteiger partial charge >= 0.3 is 0 Å². The van der Waals surface area contributed by atoms with E-state index in [1.54, 1.807) is 0 Å². The molecule has 1 aliphatic heterocycles. The highest BCUT2D eigenvalue weighted by Gasteiger charge is 2.27. The topological polar surface area (TPSA) is 62.3 Å². The number of sulfonamides is 1. The zero-order valence-corrected chi connectivity index (χ0v) is 13.0. The van der Waals surface area contributed by atoms with Crippen LogP contribution in [-0.2, 0) is 16.6 Å². The molecule has 1 saturated heterocycles. The van der Waals surface area contributed by atoms with Crippen molar-refractivity contribution >= 4 is 10.0 Å². The highest BCUT2D eigenvalue weighted by Crippen LogP contribution is 2.13. The first kappa shape index (κ1) is 15.4. The molecule has 1 fully saturated rings. The zero-order valence-electron chi connectivity index (χ0n) is 12.2. The molecule has 0 amide bonds. The maximum absolute atomic E-state index is 12.5. The number of nitrogens with one attached hydrogen (secondary N) is 1. The molecule has 1 aromatic heterocycles. The summed E-state index contributed by atoms with van der Waals surface area (Å²) in [7, 11) is -3.24. The van der Waals surface area contributed by atoms with Gasteiger partial charge in [0, 0.05) is 18.3 Å². The lowest BCUT2D eigenvalue weighted by molar-refractivity contribution is 0.414. The Morgan fingerprint density at radius 2 is 2.25 bits per heavy atom. The van der Waals surface area contributed by atoms with Gasteiger partial charge < -0.3 is 5.32 Å². The highest BCUT2D eigenvalue weighted by molar-refractivity contribution is 7.89. The molecular weight excluding hydrogens is 274 g/mol. The monoisotopic (exact) mass is 297 g/mol. The molecule has 1 aromatic rings. The highest BCUT2D eigenvalue weighted by atomic mass is 32.2. The first-order valence-electron chi connectivity index (χ1n) is 7.15. The van der Waals surface area contributed by atoms with Crippen molar-refractivity contribution in [3.8, 4) is 0 Å². The Labute approximate surface area is 121 Å². The Hall–Kier alpha value is -0.980. The summed E-state index contributed by atoms with van der Waals surface area (Å²) in [5.74, 6) is 0.187. The minimum absolute atomic E-state index is 0.0968. The Bertz CT molecular complexity index is 539. The van der Waals surface area contributed by atoms with Gasteiger partial charge in [-0.1, -0.05) is 13.0 Å². The standard InChI is InChI=1S/C14H23N3O2S/c1-3-17(10-13-7-4-6-12(2)16-13)20(18,19)11-14-8-5-9-15-14/h4,6-7,14-15H,3,5,8-11H2,1-2H3. The van der Waals surface area contributed by atoms with Gasteiger partial charge in [-0.2, -0.15) is 4.31 Å². The van der Waals surface area contributed by atoms with Crippen LogP contribution in [0, 0.1) is 6.92 Å². The van der Waals surface area contributed by atoms with E-state index < -0.39 is 10.0 Å². The lowest BCUT2D eigenvalue weighted by Gasteiger charge is -2.22. The second kappa shape index (κ2) is 6.65. The van der Waals surface area contributed by atoms with E-state index in [1.807, 2.05) is 32.0 Å². The van der Waals surface area contributed by atoms with Gasteiger partial charge in [-0.05, 0) is 38.4 Å². The molecule has 1 atom stereocenters. The lowest BCUT2D eigenvalue weighted by atomic mass is 10.3. The van der Waals surface area contributed by atoms with E-state index in [9.17, 15) is 8.42 Å². The quantitative estimate of drug-likeness (QED) is 0.859. The van der Waals surface area contributed by atoms with Crippen LogP contribution in [-0.4, -0.2) is 42.6 Å². The molecule has 2 rings (SSSR count). The van der Waals surface area contributed by atoms with E-state index >= 15 is 0 Å². The number of pyridine rings is 1. The molecule has 20 heavy (non-hydrogen) atoms. The third-order valence-electron chi connectivity index (χ3n) is 3.60. The predicted molar refractivity (Wildman–Crippen MR) is 79.9 cm³/mol. The van der Waals surface area contributed by atoms with E-state index in [2.05, 4.69) is 10.3 Å². The van der Waals surface area contributed by atoms with Gasteiger partial charge in [0.05, 0.1) is 18.0 Å². The van der Waals surface area contributed by atoms with Crippen molar-refractivity contribution < 1.29 is 8.42 Å². The van der Waals surface area contributed by atoms with Crippen molar-refractivity contribution in [2.75, 3.05) is 18.8 Å². The second-order valence-electron chi connectivity index (χ2n) is 5.27. The molecular formula is C14H23N3O2S. The van der Waals surface area contributed by atoms with Gasteiger partial charge in [-0.15, -0.1) is 0 Å². The number of aromatic nitrogens is 1. The molecule has 0 radical (unpaired) electrons. The Morgan fingerprint density at radius 3 is 2.85 bits per heavy atom. The van der Waals surface area contributed by atoms with Crippen molar-refractivity contribution in [2.24, 2.45) is 0 Å². The molecule has 6 heteroatoms. The van der Waals surface area contributed by atoms with Crippen LogP contribution in [0.5, 0.6) is 0 Å². The summed E-state index contributed by atoms with van der Waals surface area (Å²) in [6.45, 7) is 5.54. The van der Waals surface area contributed by atoms with Crippen LogP contribution in [0.1, 0.15) is 31.2 Å². The second-order valence-corrected chi connectivity index (χ2v) is 7.28. The number of aryl methyl sites for hydroxylation is 1. The van der Waals surface area contributed by atoms with Crippen molar-refractivity contribution in [1.82, 2.24) is 14.6 Å². The fraction of sp³-hybridized carbons (Fsp3) is 0.643. The van der Waals surface area contributed by atoms with E-state index in [-0.39, 0.29) is 11.8 Å². The number of nitrogens with zero attached hydrogens (tertiary/aromatic N) is 2. The molecule has 1 aliphatic rings. The molecule has 0 bridgehead atoms. The summed E-state index contributed by atoms with van der Waals surface area (Å²) in [4.78, 5) is 4.38. The van der Waals surface area contributed by atoms with Gasteiger partial charge in [0.2, 0.25) is 10.0 Å². The molecule has 0 aliphatic carbocycles. The Morgan fingerprint density at radius 1 is 1.45 bits per heavy atom. The maximum Gasteiger partial charge on any atom is 0.215 e. The SMILES string of the molecule is CCN(Cc1cccc(C)n1)S(=O)(=O)CC1CCCN1. The molecule has 5 nitrogen and oxygen atoms in total. The van der Waals surface area contributed by atoms with Gasteiger partial charge in [0.15, 0.2) is 0 Å². The zero-order chi connectivity index (χ0) is 14.6. The fourth-order valence-electron chi connectivity index (χ4n) is 2.53. The molecule has 2 heterocycles. The summed E-state index contributed by atoms with van der Waals surface area (Å²) >= 11 is 0. The smallest absolute Gasteiger partial charge is 0.215 e. The van der Waals surface area contributed by atoms with Crippen molar-refractivity contribution in [1.29, 1.82) is 0 Å². The van der Waals surface area contributed by atoms with Gasteiger partial charge in [-0.25, -0.2) is 8.42 Å². The van der Waals surface area contributed by atoms with E-state index in [4.69, 9.17) is 0 Å². The minimum Gasteiger partial charge on any atom is -0.313 e. The number of hydrogen-bond donors (Lipinski definition) is 1.